The van der Waals surface area contributed by atoms with E-state index >= 15 is 0 Å². The van der Waals surface area contributed by atoms with Gasteiger partial charge in [-0.05, 0) is 50.3 Å². The number of rotatable bonds is 5. The van der Waals surface area contributed by atoms with Crippen molar-refractivity contribution in [2.45, 2.75) is 51.7 Å². The van der Waals surface area contributed by atoms with E-state index in [-0.39, 0.29) is 17.6 Å². The van der Waals surface area contributed by atoms with Gasteiger partial charge in [-0.3, -0.25) is 0 Å². The topological polar surface area (TPSA) is 68.9 Å². The summed E-state index contributed by atoms with van der Waals surface area (Å²) in [4.78, 5) is 4.78. The molecule has 0 aromatic heterocycles. The molecule has 24 heavy (non-hydrogen) atoms. The molecular formula is C19H29N3O2. The van der Waals surface area contributed by atoms with Gasteiger partial charge in [-0.25, -0.2) is 4.99 Å². The first kappa shape index (κ1) is 17.2. The van der Waals surface area contributed by atoms with Gasteiger partial charge in [-0.1, -0.05) is 19.1 Å². The fourth-order valence-electron chi connectivity index (χ4n) is 3.92. The highest BCUT2D eigenvalue weighted by molar-refractivity contribution is 5.92. The van der Waals surface area contributed by atoms with Crippen LogP contribution < -0.4 is 11.1 Å². The molecule has 2 unspecified atom stereocenters. The Balaban J connectivity index is 1.67. The first-order valence-electron chi connectivity index (χ1n) is 9.06. The average Bonchev–Trinajstić information content (AvgIpc) is 2.62. The predicted octanol–water partition coefficient (Wildman–Crippen LogP) is 2.95. The molecule has 0 bridgehead atoms. The van der Waals surface area contributed by atoms with Crippen LogP contribution in [0.25, 0.3) is 0 Å². The standard InChI is InChI=1S/C19H29N3O2/c1-3-14-5-7-15(8-6-14)21-18(20)22-16-13-17(24-4-2)19(16)9-11-23-12-10-19/h5-8,16-17H,3-4,9-13H2,1-2H3,(H3,20,21,22). The van der Waals surface area contributed by atoms with E-state index in [0.29, 0.717) is 5.96 Å². The van der Waals surface area contributed by atoms with Gasteiger partial charge < -0.3 is 20.5 Å². The van der Waals surface area contributed by atoms with Crippen LogP contribution >= 0.6 is 0 Å². The van der Waals surface area contributed by atoms with Crippen LogP contribution in [0.1, 0.15) is 38.7 Å². The van der Waals surface area contributed by atoms with Gasteiger partial charge in [0, 0.05) is 30.9 Å². The largest absolute Gasteiger partial charge is 0.381 e. The van der Waals surface area contributed by atoms with Crippen molar-refractivity contribution in [2.24, 2.45) is 16.1 Å². The third-order valence-electron chi connectivity index (χ3n) is 5.46. The third kappa shape index (κ3) is 3.42. The van der Waals surface area contributed by atoms with Gasteiger partial charge in [0.15, 0.2) is 5.96 Å². The molecule has 0 amide bonds. The zero-order valence-electron chi connectivity index (χ0n) is 14.8. The highest BCUT2D eigenvalue weighted by Gasteiger charge is 2.56. The number of nitrogens with two attached hydrogens (primary N) is 1. The molecule has 1 spiro atoms. The smallest absolute Gasteiger partial charge is 0.193 e. The van der Waals surface area contributed by atoms with Crippen LogP contribution in [0.15, 0.2) is 29.3 Å². The van der Waals surface area contributed by atoms with Crippen molar-refractivity contribution < 1.29 is 9.47 Å². The Morgan fingerprint density at radius 2 is 2.00 bits per heavy atom. The van der Waals surface area contributed by atoms with Crippen LogP contribution in [0.4, 0.5) is 5.69 Å². The summed E-state index contributed by atoms with van der Waals surface area (Å²) >= 11 is 0. The fraction of sp³-hybridized carbons (Fsp3) is 0.632. The van der Waals surface area contributed by atoms with E-state index in [1.165, 1.54) is 5.56 Å². The molecule has 1 aromatic rings. The van der Waals surface area contributed by atoms with Crippen molar-refractivity contribution in [2.75, 3.05) is 25.1 Å². The second-order valence-electron chi connectivity index (χ2n) is 6.73. The molecule has 5 heteroatoms. The van der Waals surface area contributed by atoms with E-state index in [1.807, 2.05) is 0 Å². The molecule has 1 saturated carbocycles. The van der Waals surface area contributed by atoms with Crippen LogP contribution in [-0.2, 0) is 15.9 Å². The third-order valence-corrected chi connectivity index (χ3v) is 5.46. The van der Waals surface area contributed by atoms with E-state index in [9.17, 15) is 0 Å². The van der Waals surface area contributed by atoms with Crippen LogP contribution in [0.5, 0.6) is 0 Å². The lowest BCUT2D eigenvalue weighted by atomic mass is 9.58. The Morgan fingerprint density at radius 1 is 1.29 bits per heavy atom. The molecule has 3 N–H and O–H groups in total. The van der Waals surface area contributed by atoms with Crippen molar-refractivity contribution in [1.29, 1.82) is 0 Å². The summed E-state index contributed by atoms with van der Waals surface area (Å²) in [5, 5.41) is 3.22. The molecule has 5 nitrogen and oxygen atoms in total. The number of nitrogens with one attached hydrogen (secondary N) is 1. The van der Waals surface area contributed by atoms with E-state index in [4.69, 9.17) is 20.2 Å². The van der Waals surface area contributed by atoms with Crippen LogP contribution in [0.3, 0.4) is 0 Å². The van der Waals surface area contributed by atoms with Crippen molar-refractivity contribution in [3.8, 4) is 0 Å². The Kier molecular flexibility index (Phi) is 5.41. The quantitative estimate of drug-likeness (QED) is 0.643. The highest BCUT2D eigenvalue weighted by atomic mass is 16.5. The SMILES string of the molecule is CCOC1CC(N=C(N)Nc2ccc(CC)cc2)C12CCOCC2. The zero-order chi connectivity index (χ0) is 17.0. The van der Waals surface area contributed by atoms with Gasteiger partial charge >= 0.3 is 0 Å². The van der Waals surface area contributed by atoms with Crippen molar-refractivity contribution >= 4 is 11.6 Å². The van der Waals surface area contributed by atoms with Gasteiger partial charge in [-0.2, -0.15) is 0 Å². The minimum atomic E-state index is 0.104. The second kappa shape index (κ2) is 7.53. The number of aliphatic imine (C=N–C) groups is 1. The molecule has 1 aliphatic carbocycles. The summed E-state index contributed by atoms with van der Waals surface area (Å²) in [6, 6.07) is 8.55. The van der Waals surface area contributed by atoms with E-state index in [2.05, 4.69) is 43.4 Å². The number of benzene rings is 1. The van der Waals surface area contributed by atoms with Crippen molar-refractivity contribution in [3.05, 3.63) is 29.8 Å². The lowest BCUT2D eigenvalue weighted by molar-refractivity contribution is -0.163. The maximum atomic E-state index is 6.16. The van der Waals surface area contributed by atoms with E-state index < -0.39 is 0 Å². The Bertz CT molecular complexity index is 564. The average molecular weight is 331 g/mol. The number of hydrogen-bond acceptors (Lipinski definition) is 3. The second-order valence-corrected chi connectivity index (χ2v) is 6.73. The minimum absolute atomic E-state index is 0.104. The summed E-state index contributed by atoms with van der Waals surface area (Å²) < 4.78 is 11.5. The summed E-state index contributed by atoms with van der Waals surface area (Å²) in [7, 11) is 0. The lowest BCUT2D eigenvalue weighted by Gasteiger charge is -2.55. The monoisotopic (exact) mass is 331 g/mol. The Labute approximate surface area is 144 Å². The van der Waals surface area contributed by atoms with Crippen LogP contribution in [0.2, 0.25) is 0 Å². The molecule has 2 aliphatic rings. The summed E-state index contributed by atoms with van der Waals surface area (Å²) in [5.41, 5.74) is 8.56. The molecule has 2 atom stereocenters. The molecule has 2 fully saturated rings. The Morgan fingerprint density at radius 3 is 2.62 bits per heavy atom. The number of aryl methyl sites for hydroxylation is 1. The van der Waals surface area contributed by atoms with Crippen molar-refractivity contribution in [3.63, 3.8) is 0 Å². The summed E-state index contributed by atoms with van der Waals surface area (Å²) in [5.74, 6) is 0.491. The molecule has 1 saturated heterocycles. The molecule has 1 aromatic carbocycles. The summed E-state index contributed by atoms with van der Waals surface area (Å²) in [6.07, 6.45) is 4.28. The summed E-state index contributed by atoms with van der Waals surface area (Å²) in [6.45, 7) is 6.54. The van der Waals surface area contributed by atoms with Gasteiger partial charge in [0.2, 0.25) is 0 Å². The normalized spacial score (nSPS) is 26.2. The fourth-order valence-corrected chi connectivity index (χ4v) is 3.92. The number of ether oxygens (including phenoxy) is 2. The number of guanidine groups is 1. The first-order valence-corrected chi connectivity index (χ1v) is 9.06. The molecule has 0 radical (unpaired) electrons. The van der Waals surface area contributed by atoms with Gasteiger partial charge in [-0.15, -0.1) is 0 Å². The number of nitrogens with zero attached hydrogens (tertiary/aromatic N) is 1. The Hall–Kier alpha value is -1.59. The maximum Gasteiger partial charge on any atom is 0.193 e. The minimum Gasteiger partial charge on any atom is -0.381 e. The molecule has 1 heterocycles. The lowest BCUT2D eigenvalue weighted by Crippen LogP contribution is -2.60. The number of hydrogen-bond donors (Lipinski definition) is 2. The van der Waals surface area contributed by atoms with Crippen molar-refractivity contribution in [1.82, 2.24) is 0 Å². The molecule has 132 valence electrons. The number of anilines is 1. The zero-order valence-corrected chi connectivity index (χ0v) is 14.8. The first-order chi connectivity index (χ1) is 11.7. The van der Waals surface area contributed by atoms with Crippen LogP contribution in [0, 0.1) is 5.41 Å². The van der Waals surface area contributed by atoms with Gasteiger partial charge in [0.1, 0.15) is 0 Å². The van der Waals surface area contributed by atoms with Gasteiger partial charge in [0.25, 0.3) is 0 Å². The molecular weight excluding hydrogens is 302 g/mol. The molecule has 3 rings (SSSR count). The maximum absolute atomic E-state index is 6.16. The molecule has 1 aliphatic heterocycles. The van der Waals surface area contributed by atoms with E-state index in [1.54, 1.807) is 0 Å². The predicted molar refractivity (Wildman–Crippen MR) is 97.4 cm³/mol. The van der Waals surface area contributed by atoms with E-state index in [0.717, 1.165) is 51.2 Å². The van der Waals surface area contributed by atoms with Gasteiger partial charge in [0.05, 0.1) is 12.1 Å². The highest BCUT2D eigenvalue weighted by Crippen LogP contribution is 2.52. The van der Waals surface area contributed by atoms with Crippen LogP contribution in [-0.4, -0.2) is 37.9 Å².